The minimum atomic E-state index is 0.278. The lowest BCUT2D eigenvalue weighted by Crippen LogP contribution is -2.35. The maximum atomic E-state index is 6.01. The monoisotopic (exact) mass is 298 g/mol. The van der Waals surface area contributed by atoms with Crippen LogP contribution in [0.5, 0.6) is 5.75 Å². The van der Waals surface area contributed by atoms with Gasteiger partial charge in [0.2, 0.25) is 5.95 Å². The number of nitrogens with one attached hydrogen (secondary N) is 2. The Morgan fingerprint density at radius 2 is 1.95 bits per heavy atom. The largest absolute Gasteiger partial charge is 0.489 e. The second-order valence-corrected chi connectivity index (χ2v) is 5.44. The number of nitrogens with zero attached hydrogens (tertiary/aromatic N) is 2. The van der Waals surface area contributed by atoms with Crippen molar-refractivity contribution in [1.82, 2.24) is 15.3 Å². The van der Waals surface area contributed by atoms with Crippen molar-refractivity contribution in [3.05, 3.63) is 48.3 Å². The Morgan fingerprint density at radius 1 is 1.09 bits per heavy atom. The van der Waals surface area contributed by atoms with Gasteiger partial charge in [0.05, 0.1) is 0 Å². The first kappa shape index (κ1) is 14.8. The van der Waals surface area contributed by atoms with Gasteiger partial charge in [0.25, 0.3) is 0 Å². The fourth-order valence-corrected chi connectivity index (χ4v) is 2.59. The van der Waals surface area contributed by atoms with Crippen LogP contribution < -0.4 is 15.4 Å². The third-order valence-electron chi connectivity index (χ3n) is 3.75. The van der Waals surface area contributed by atoms with Gasteiger partial charge < -0.3 is 15.4 Å². The molecule has 5 nitrogen and oxygen atoms in total. The molecule has 116 valence electrons. The minimum Gasteiger partial charge on any atom is -0.489 e. The number of fused-ring (bicyclic) bond motifs is 1. The molecule has 0 bridgehead atoms. The smallest absolute Gasteiger partial charge is 0.222 e. The van der Waals surface area contributed by atoms with Crippen LogP contribution in [-0.2, 0) is 6.42 Å². The van der Waals surface area contributed by atoms with Gasteiger partial charge in [-0.25, -0.2) is 9.97 Å². The maximum Gasteiger partial charge on any atom is 0.222 e. The van der Waals surface area contributed by atoms with Crippen LogP contribution in [0.3, 0.4) is 0 Å². The van der Waals surface area contributed by atoms with E-state index < -0.39 is 0 Å². The summed E-state index contributed by atoms with van der Waals surface area (Å²) in [6.45, 7) is 2.73. The van der Waals surface area contributed by atoms with Crippen LogP contribution in [0.1, 0.15) is 18.4 Å². The van der Waals surface area contributed by atoms with Gasteiger partial charge in [0.1, 0.15) is 11.9 Å². The molecular formula is C17H22N4O. The Labute approximate surface area is 131 Å². The zero-order valence-electron chi connectivity index (χ0n) is 12.7. The van der Waals surface area contributed by atoms with E-state index in [1.54, 1.807) is 12.4 Å². The van der Waals surface area contributed by atoms with Gasteiger partial charge in [-0.15, -0.1) is 0 Å². The van der Waals surface area contributed by atoms with Crippen LogP contribution >= 0.6 is 0 Å². The van der Waals surface area contributed by atoms with Crippen LogP contribution in [0.25, 0.3) is 0 Å². The molecule has 1 aromatic heterocycles. The molecule has 1 atom stereocenters. The van der Waals surface area contributed by atoms with Gasteiger partial charge in [-0.05, 0) is 43.5 Å². The molecule has 2 N–H and O–H groups in total. The van der Waals surface area contributed by atoms with E-state index in [0.717, 1.165) is 44.6 Å². The molecule has 2 aromatic rings. The third kappa shape index (κ3) is 4.18. The molecule has 3 rings (SSSR count). The molecule has 1 aliphatic heterocycles. The van der Waals surface area contributed by atoms with Crippen molar-refractivity contribution >= 4 is 5.95 Å². The van der Waals surface area contributed by atoms with Gasteiger partial charge in [-0.2, -0.15) is 0 Å². The molecule has 0 fully saturated rings. The minimum absolute atomic E-state index is 0.278. The molecule has 2 heterocycles. The standard InChI is InChI=1S/C17H22N4O/c1-2-6-16-14(5-1)7-8-15(22-16)13-18-9-3-10-19-17-20-11-4-12-21-17/h1-2,4-6,11-12,15,18H,3,7-10,13H2,(H,19,20,21)/t15-/m1/s1. The molecule has 22 heavy (non-hydrogen) atoms. The summed E-state index contributed by atoms with van der Waals surface area (Å²) >= 11 is 0. The average molecular weight is 298 g/mol. The summed E-state index contributed by atoms with van der Waals surface area (Å²) in [5.74, 6) is 1.73. The number of para-hydroxylation sites is 1. The summed E-state index contributed by atoms with van der Waals surface area (Å²) in [6.07, 6.45) is 6.98. The summed E-state index contributed by atoms with van der Waals surface area (Å²) in [6, 6.07) is 10.1. The van der Waals surface area contributed by atoms with E-state index in [1.807, 2.05) is 12.1 Å². The van der Waals surface area contributed by atoms with E-state index in [4.69, 9.17) is 4.74 Å². The summed E-state index contributed by atoms with van der Waals surface area (Å²) < 4.78 is 6.01. The lowest BCUT2D eigenvalue weighted by atomic mass is 10.0. The molecule has 1 aromatic carbocycles. The van der Waals surface area contributed by atoms with Gasteiger partial charge in [-0.1, -0.05) is 18.2 Å². The summed E-state index contributed by atoms with van der Waals surface area (Å²) in [4.78, 5) is 8.26. The molecular weight excluding hydrogens is 276 g/mol. The highest BCUT2D eigenvalue weighted by molar-refractivity contribution is 5.35. The van der Waals surface area contributed by atoms with Crippen molar-refractivity contribution in [2.45, 2.75) is 25.4 Å². The molecule has 1 aliphatic rings. The van der Waals surface area contributed by atoms with E-state index in [2.05, 4.69) is 38.8 Å². The molecule has 0 saturated carbocycles. The molecule has 5 heteroatoms. The Bertz CT molecular complexity index is 576. The first-order chi connectivity index (χ1) is 10.9. The van der Waals surface area contributed by atoms with Gasteiger partial charge in [0.15, 0.2) is 0 Å². The number of ether oxygens (including phenoxy) is 1. The van der Waals surface area contributed by atoms with Crippen molar-refractivity contribution < 1.29 is 4.74 Å². The predicted molar refractivity (Wildman–Crippen MR) is 87.2 cm³/mol. The van der Waals surface area contributed by atoms with Crippen LogP contribution in [0.4, 0.5) is 5.95 Å². The zero-order chi connectivity index (χ0) is 15.0. The summed E-state index contributed by atoms with van der Waals surface area (Å²) in [5.41, 5.74) is 1.32. The number of aryl methyl sites for hydroxylation is 1. The van der Waals surface area contributed by atoms with Crippen molar-refractivity contribution in [2.75, 3.05) is 25.0 Å². The highest BCUT2D eigenvalue weighted by Crippen LogP contribution is 2.26. The number of hydrogen-bond acceptors (Lipinski definition) is 5. The first-order valence-electron chi connectivity index (χ1n) is 7.88. The molecule has 0 unspecified atom stereocenters. The average Bonchev–Trinajstić information content (AvgIpc) is 2.59. The normalized spacial score (nSPS) is 16.6. The number of rotatable bonds is 7. The van der Waals surface area contributed by atoms with Crippen LogP contribution in [0.15, 0.2) is 42.7 Å². The highest BCUT2D eigenvalue weighted by atomic mass is 16.5. The van der Waals surface area contributed by atoms with Crippen LogP contribution in [-0.4, -0.2) is 35.7 Å². The van der Waals surface area contributed by atoms with Gasteiger partial charge in [0, 0.05) is 25.5 Å². The SMILES string of the molecule is c1cnc(NCCCNC[C@H]2CCc3ccccc3O2)nc1. The second kappa shape index (κ2) is 7.75. The lowest BCUT2D eigenvalue weighted by molar-refractivity contribution is 0.171. The lowest BCUT2D eigenvalue weighted by Gasteiger charge is -2.26. The number of benzene rings is 1. The quantitative estimate of drug-likeness (QED) is 0.768. The van der Waals surface area contributed by atoms with Crippen molar-refractivity contribution in [3.63, 3.8) is 0 Å². The summed E-state index contributed by atoms with van der Waals surface area (Å²) in [5, 5.41) is 6.67. The van der Waals surface area contributed by atoms with Gasteiger partial charge >= 0.3 is 0 Å². The molecule has 0 spiro atoms. The van der Waals surface area contributed by atoms with E-state index >= 15 is 0 Å². The number of hydrogen-bond donors (Lipinski definition) is 2. The van der Waals surface area contributed by atoms with E-state index in [0.29, 0.717) is 5.95 Å². The predicted octanol–water partition coefficient (Wildman–Crippen LogP) is 2.26. The van der Waals surface area contributed by atoms with Crippen LogP contribution in [0.2, 0.25) is 0 Å². The Kier molecular flexibility index (Phi) is 5.21. The van der Waals surface area contributed by atoms with E-state index in [9.17, 15) is 0 Å². The molecule has 0 saturated heterocycles. The van der Waals surface area contributed by atoms with Crippen molar-refractivity contribution in [3.8, 4) is 5.75 Å². The van der Waals surface area contributed by atoms with Gasteiger partial charge in [-0.3, -0.25) is 0 Å². The highest BCUT2D eigenvalue weighted by Gasteiger charge is 2.18. The molecule has 0 amide bonds. The topological polar surface area (TPSA) is 59.1 Å². The Hall–Kier alpha value is -2.14. The zero-order valence-corrected chi connectivity index (χ0v) is 12.7. The molecule has 0 aliphatic carbocycles. The summed E-state index contributed by atoms with van der Waals surface area (Å²) in [7, 11) is 0. The van der Waals surface area contributed by atoms with E-state index in [-0.39, 0.29) is 6.10 Å². The Morgan fingerprint density at radius 3 is 2.86 bits per heavy atom. The number of anilines is 1. The fourth-order valence-electron chi connectivity index (χ4n) is 2.59. The van der Waals surface area contributed by atoms with Crippen molar-refractivity contribution in [2.24, 2.45) is 0 Å². The number of aromatic nitrogens is 2. The molecule has 0 radical (unpaired) electrons. The van der Waals surface area contributed by atoms with Crippen molar-refractivity contribution in [1.29, 1.82) is 0 Å². The third-order valence-corrected chi connectivity index (χ3v) is 3.75. The maximum absolute atomic E-state index is 6.01. The second-order valence-electron chi connectivity index (χ2n) is 5.44. The van der Waals surface area contributed by atoms with E-state index in [1.165, 1.54) is 5.56 Å². The first-order valence-corrected chi connectivity index (χ1v) is 7.88. The fraction of sp³-hybridized carbons (Fsp3) is 0.412. The Balaban J connectivity index is 1.30. The van der Waals surface area contributed by atoms with Crippen LogP contribution in [0, 0.1) is 0 Å².